The number of fused-ring (bicyclic) bond motifs is 1. The van der Waals surface area contributed by atoms with E-state index in [2.05, 4.69) is 26.2 Å². The summed E-state index contributed by atoms with van der Waals surface area (Å²) in [5, 5.41) is 2.91. The summed E-state index contributed by atoms with van der Waals surface area (Å²) in [4.78, 5) is 16.7. The van der Waals surface area contributed by atoms with Crippen LogP contribution < -0.4 is 10.1 Å². The molecule has 0 atom stereocenters. The summed E-state index contributed by atoms with van der Waals surface area (Å²) in [5.74, 6) is 0.750. The minimum atomic E-state index is -0.0323. The molecule has 24 heavy (non-hydrogen) atoms. The van der Waals surface area contributed by atoms with E-state index in [0.717, 1.165) is 32.7 Å². The first-order valence-corrected chi connectivity index (χ1v) is 8.38. The molecule has 5 nitrogen and oxygen atoms in total. The van der Waals surface area contributed by atoms with Crippen LogP contribution in [0.5, 0.6) is 5.75 Å². The van der Waals surface area contributed by atoms with E-state index in [1.165, 1.54) is 0 Å². The predicted molar refractivity (Wildman–Crippen MR) is 96.2 cm³/mol. The standard InChI is InChI=1S/C18H18BrN3O2/c1-12-7-14(19)10-22-11-15(21-18(12)22)9-20-17(23)8-13-3-5-16(24-2)6-4-13/h3-7,10-11H,8-9H2,1-2H3,(H,20,23). The lowest BCUT2D eigenvalue weighted by Gasteiger charge is -2.04. The number of imidazole rings is 1. The van der Waals surface area contributed by atoms with Gasteiger partial charge in [-0.05, 0) is 52.2 Å². The van der Waals surface area contributed by atoms with Crippen molar-refractivity contribution < 1.29 is 9.53 Å². The molecule has 6 heteroatoms. The van der Waals surface area contributed by atoms with Gasteiger partial charge in [-0.15, -0.1) is 0 Å². The van der Waals surface area contributed by atoms with Crippen molar-refractivity contribution in [1.29, 1.82) is 0 Å². The molecule has 0 saturated heterocycles. The monoisotopic (exact) mass is 387 g/mol. The van der Waals surface area contributed by atoms with Gasteiger partial charge in [-0.3, -0.25) is 4.79 Å². The van der Waals surface area contributed by atoms with Crippen LogP contribution in [0.15, 0.2) is 47.2 Å². The molecular formula is C18H18BrN3O2. The molecular weight excluding hydrogens is 370 g/mol. The van der Waals surface area contributed by atoms with Crippen LogP contribution >= 0.6 is 15.9 Å². The fraction of sp³-hybridized carbons (Fsp3) is 0.222. The normalized spacial score (nSPS) is 10.8. The zero-order valence-electron chi connectivity index (χ0n) is 13.5. The van der Waals surface area contributed by atoms with Gasteiger partial charge in [0.05, 0.1) is 25.8 Å². The van der Waals surface area contributed by atoms with Gasteiger partial charge in [0.2, 0.25) is 5.91 Å². The van der Waals surface area contributed by atoms with Crippen LogP contribution in [0.2, 0.25) is 0 Å². The number of aromatic nitrogens is 2. The first kappa shape index (κ1) is 16.5. The SMILES string of the molecule is COc1ccc(CC(=O)NCc2cn3cc(Br)cc(C)c3n2)cc1. The summed E-state index contributed by atoms with van der Waals surface area (Å²) < 4.78 is 8.07. The number of amides is 1. The highest BCUT2D eigenvalue weighted by molar-refractivity contribution is 9.10. The molecule has 0 aliphatic heterocycles. The van der Waals surface area contributed by atoms with Gasteiger partial charge in [-0.25, -0.2) is 4.98 Å². The molecule has 3 rings (SSSR count). The number of hydrogen-bond acceptors (Lipinski definition) is 3. The third-order valence-electron chi connectivity index (χ3n) is 3.74. The molecule has 1 aromatic carbocycles. The van der Waals surface area contributed by atoms with Gasteiger partial charge < -0.3 is 14.5 Å². The summed E-state index contributed by atoms with van der Waals surface area (Å²) in [6, 6.07) is 9.51. The molecule has 0 radical (unpaired) electrons. The highest BCUT2D eigenvalue weighted by Gasteiger charge is 2.08. The number of carbonyl (C=O) groups is 1. The van der Waals surface area contributed by atoms with Crippen molar-refractivity contribution in [2.45, 2.75) is 19.9 Å². The fourth-order valence-electron chi connectivity index (χ4n) is 2.54. The Hall–Kier alpha value is -2.34. The van der Waals surface area contributed by atoms with Crippen LogP contribution in [0, 0.1) is 6.92 Å². The molecule has 0 aliphatic rings. The molecule has 0 saturated carbocycles. The van der Waals surface area contributed by atoms with Crippen molar-refractivity contribution in [3.63, 3.8) is 0 Å². The van der Waals surface area contributed by atoms with E-state index in [9.17, 15) is 4.79 Å². The van der Waals surface area contributed by atoms with Crippen molar-refractivity contribution in [2.75, 3.05) is 7.11 Å². The topological polar surface area (TPSA) is 55.6 Å². The Bertz CT molecular complexity index is 872. The number of halogens is 1. The van der Waals surface area contributed by atoms with Gasteiger partial charge in [0, 0.05) is 16.9 Å². The number of methoxy groups -OCH3 is 1. The molecule has 2 aromatic heterocycles. The van der Waals surface area contributed by atoms with Gasteiger partial charge in [0.1, 0.15) is 11.4 Å². The molecule has 1 N–H and O–H groups in total. The van der Waals surface area contributed by atoms with Gasteiger partial charge in [0.15, 0.2) is 0 Å². The Labute approximate surface area is 148 Å². The van der Waals surface area contributed by atoms with Crippen LogP contribution in [-0.2, 0) is 17.8 Å². The van der Waals surface area contributed by atoms with Crippen LogP contribution in [0.3, 0.4) is 0 Å². The molecule has 0 fully saturated rings. The minimum Gasteiger partial charge on any atom is -0.497 e. The van der Waals surface area contributed by atoms with E-state index >= 15 is 0 Å². The number of ether oxygens (including phenoxy) is 1. The van der Waals surface area contributed by atoms with Crippen molar-refractivity contribution in [1.82, 2.24) is 14.7 Å². The average Bonchev–Trinajstić information content (AvgIpc) is 2.97. The molecule has 0 unspecified atom stereocenters. The molecule has 0 spiro atoms. The van der Waals surface area contributed by atoms with Crippen molar-refractivity contribution in [2.24, 2.45) is 0 Å². The van der Waals surface area contributed by atoms with Gasteiger partial charge >= 0.3 is 0 Å². The Kier molecular flexibility index (Phi) is 4.85. The summed E-state index contributed by atoms with van der Waals surface area (Å²) in [7, 11) is 1.62. The Balaban J connectivity index is 1.62. The van der Waals surface area contributed by atoms with E-state index in [1.54, 1.807) is 7.11 Å². The highest BCUT2D eigenvalue weighted by Crippen LogP contribution is 2.17. The summed E-state index contributed by atoms with van der Waals surface area (Å²) in [5.41, 5.74) is 3.76. The number of aryl methyl sites for hydroxylation is 1. The maximum Gasteiger partial charge on any atom is 0.224 e. The molecule has 1 amide bonds. The second-order valence-corrected chi connectivity index (χ2v) is 6.52. The van der Waals surface area contributed by atoms with Gasteiger partial charge in [-0.2, -0.15) is 0 Å². The first-order valence-electron chi connectivity index (χ1n) is 7.58. The van der Waals surface area contributed by atoms with E-state index in [-0.39, 0.29) is 5.91 Å². The van der Waals surface area contributed by atoms with Crippen molar-refractivity contribution >= 4 is 27.5 Å². The van der Waals surface area contributed by atoms with Crippen LogP contribution in [0.1, 0.15) is 16.8 Å². The second kappa shape index (κ2) is 7.05. The van der Waals surface area contributed by atoms with Crippen molar-refractivity contribution in [3.05, 3.63) is 64.0 Å². The van der Waals surface area contributed by atoms with Crippen molar-refractivity contribution in [3.8, 4) is 5.75 Å². The number of nitrogens with one attached hydrogen (secondary N) is 1. The molecule has 3 aromatic rings. The quantitative estimate of drug-likeness (QED) is 0.730. The Morgan fingerprint density at radius 1 is 1.29 bits per heavy atom. The molecule has 0 bridgehead atoms. The fourth-order valence-corrected chi connectivity index (χ4v) is 3.11. The summed E-state index contributed by atoms with van der Waals surface area (Å²) >= 11 is 3.47. The zero-order chi connectivity index (χ0) is 17.1. The van der Waals surface area contributed by atoms with Crippen LogP contribution in [0.25, 0.3) is 5.65 Å². The summed E-state index contributed by atoms with van der Waals surface area (Å²) in [6.07, 6.45) is 4.22. The predicted octanol–water partition coefficient (Wildman–Crippen LogP) is 3.27. The Morgan fingerprint density at radius 3 is 2.75 bits per heavy atom. The number of benzene rings is 1. The van der Waals surface area contributed by atoms with Crippen LogP contribution in [0.4, 0.5) is 0 Å². The smallest absolute Gasteiger partial charge is 0.224 e. The number of carbonyl (C=O) groups excluding carboxylic acids is 1. The number of nitrogens with zero attached hydrogens (tertiary/aromatic N) is 2. The largest absolute Gasteiger partial charge is 0.497 e. The first-order chi connectivity index (χ1) is 11.5. The molecule has 0 aliphatic carbocycles. The van der Waals surface area contributed by atoms with E-state index < -0.39 is 0 Å². The highest BCUT2D eigenvalue weighted by atomic mass is 79.9. The number of pyridine rings is 1. The third-order valence-corrected chi connectivity index (χ3v) is 4.18. The third kappa shape index (κ3) is 3.76. The lowest BCUT2D eigenvalue weighted by molar-refractivity contribution is -0.120. The zero-order valence-corrected chi connectivity index (χ0v) is 15.1. The lowest BCUT2D eigenvalue weighted by atomic mass is 10.1. The second-order valence-electron chi connectivity index (χ2n) is 5.61. The maximum absolute atomic E-state index is 12.1. The average molecular weight is 388 g/mol. The van der Waals surface area contributed by atoms with Crippen LogP contribution in [-0.4, -0.2) is 22.4 Å². The maximum atomic E-state index is 12.1. The van der Waals surface area contributed by atoms with E-state index in [1.807, 2.05) is 54.0 Å². The van der Waals surface area contributed by atoms with E-state index in [4.69, 9.17) is 4.74 Å². The lowest BCUT2D eigenvalue weighted by Crippen LogP contribution is -2.24. The van der Waals surface area contributed by atoms with E-state index in [0.29, 0.717) is 13.0 Å². The summed E-state index contributed by atoms with van der Waals surface area (Å²) in [6.45, 7) is 2.42. The van der Waals surface area contributed by atoms with Gasteiger partial charge in [0.25, 0.3) is 0 Å². The number of rotatable bonds is 5. The molecule has 124 valence electrons. The number of hydrogen-bond donors (Lipinski definition) is 1. The Morgan fingerprint density at radius 2 is 2.04 bits per heavy atom. The minimum absolute atomic E-state index is 0.0323. The molecule has 2 heterocycles. The van der Waals surface area contributed by atoms with Gasteiger partial charge in [-0.1, -0.05) is 12.1 Å².